The average molecular weight is 236 g/mol. The van der Waals surface area contributed by atoms with Crippen molar-refractivity contribution in [3.63, 3.8) is 0 Å². The quantitative estimate of drug-likeness (QED) is 0.272. The van der Waals surface area contributed by atoms with Crippen molar-refractivity contribution in [2.45, 2.75) is 13.8 Å². The zero-order valence-corrected chi connectivity index (χ0v) is 10.1. The van der Waals surface area contributed by atoms with Crippen LogP contribution in [0.5, 0.6) is 0 Å². The van der Waals surface area contributed by atoms with Gasteiger partial charge in [-0.15, -0.1) is 0 Å². The molecule has 0 saturated carbocycles. The van der Waals surface area contributed by atoms with E-state index in [1.807, 2.05) is 0 Å². The van der Waals surface area contributed by atoms with Gasteiger partial charge in [-0.3, -0.25) is 10.5 Å². The van der Waals surface area contributed by atoms with Gasteiger partial charge in [0.15, 0.2) is 0 Å². The Labute approximate surface area is 93.9 Å². The molecule has 6 nitrogen and oxygen atoms in total. The molecule has 0 atom stereocenters. The largest absolute Gasteiger partial charge is 0.397 e. The van der Waals surface area contributed by atoms with Crippen molar-refractivity contribution in [1.82, 2.24) is 0 Å². The standard InChI is InChI=1S/2C2H6O.2CH4O2.Ti/c2*1-2-3;2*1-3-2;/h2*3H,2H2,1H3;2*2H,1H3;. The van der Waals surface area contributed by atoms with Crippen molar-refractivity contribution in [2.75, 3.05) is 27.4 Å². The summed E-state index contributed by atoms with van der Waals surface area (Å²) in [5, 5.41) is 29.3. The van der Waals surface area contributed by atoms with Crippen LogP contribution in [0.4, 0.5) is 0 Å². The summed E-state index contributed by atoms with van der Waals surface area (Å²) in [5.74, 6) is 0. The molecule has 0 heterocycles. The van der Waals surface area contributed by atoms with Crippen LogP contribution in [-0.2, 0) is 31.5 Å². The Morgan fingerprint density at radius 2 is 0.846 bits per heavy atom. The molecule has 0 bridgehead atoms. The number of aliphatic hydroxyl groups is 2. The van der Waals surface area contributed by atoms with Crippen LogP contribution in [0.3, 0.4) is 0 Å². The van der Waals surface area contributed by atoms with Crippen LogP contribution in [-0.4, -0.2) is 48.2 Å². The molecule has 7 heteroatoms. The Morgan fingerprint density at radius 1 is 0.846 bits per heavy atom. The molecule has 0 aromatic rings. The second kappa shape index (κ2) is 82.0. The van der Waals surface area contributed by atoms with E-state index in [1.54, 1.807) is 13.8 Å². The smallest absolute Gasteiger partial charge is 0.0710 e. The third-order valence-corrected chi connectivity index (χ3v) is 0. The molecule has 0 aromatic carbocycles. The maximum atomic E-state index is 7.57. The first-order valence-electron chi connectivity index (χ1n) is 3.23. The molecule has 0 aliphatic rings. The Bertz CT molecular complexity index is 25.1. The Hall–Kier alpha value is 0.474. The van der Waals surface area contributed by atoms with Gasteiger partial charge in [-0.25, -0.2) is 9.78 Å². The number of rotatable bonds is 0. The van der Waals surface area contributed by atoms with E-state index in [2.05, 4.69) is 9.78 Å². The minimum atomic E-state index is 0. The van der Waals surface area contributed by atoms with Crippen molar-refractivity contribution in [1.29, 1.82) is 0 Å². The van der Waals surface area contributed by atoms with Gasteiger partial charge in [-0.2, -0.15) is 0 Å². The van der Waals surface area contributed by atoms with Crippen molar-refractivity contribution >= 4 is 0 Å². The molecule has 0 rings (SSSR count). The fraction of sp³-hybridized carbons (Fsp3) is 1.00. The van der Waals surface area contributed by atoms with Gasteiger partial charge in [0, 0.05) is 34.9 Å². The van der Waals surface area contributed by atoms with E-state index in [4.69, 9.17) is 20.7 Å². The molecule has 84 valence electrons. The molecule has 0 saturated heterocycles. The van der Waals surface area contributed by atoms with Crippen LogP contribution in [0.2, 0.25) is 0 Å². The van der Waals surface area contributed by atoms with Crippen molar-refractivity contribution in [3.8, 4) is 0 Å². The Kier molecular flexibility index (Phi) is 184. The van der Waals surface area contributed by atoms with E-state index in [-0.39, 0.29) is 34.9 Å². The van der Waals surface area contributed by atoms with Crippen LogP contribution in [0.1, 0.15) is 13.8 Å². The summed E-state index contributed by atoms with van der Waals surface area (Å²) in [6.07, 6.45) is 0. The van der Waals surface area contributed by atoms with E-state index < -0.39 is 0 Å². The molecule has 0 radical (unpaired) electrons. The molecular formula is C6H20O6Ti. The van der Waals surface area contributed by atoms with Crippen molar-refractivity contribution in [2.24, 2.45) is 0 Å². The van der Waals surface area contributed by atoms with Gasteiger partial charge >= 0.3 is 0 Å². The molecule has 0 aliphatic carbocycles. The van der Waals surface area contributed by atoms with Gasteiger partial charge in [-0.1, -0.05) is 0 Å². The summed E-state index contributed by atoms with van der Waals surface area (Å²) in [5.41, 5.74) is 0. The van der Waals surface area contributed by atoms with E-state index in [9.17, 15) is 0 Å². The Morgan fingerprint density at radius 3 is 0.846 bits per heavy atom. The monoisotopic (exact) mass is 236 g/mol. The van der Waals surface area contributed by atoms with Gasteiger partial charge in [0.1, 0.15) is 0 Å². The van der Waals surface area contributed by atoms with Crippen LogP contribution in [0.15, 0.2) is 0 Å². The fourth-order valence-corrected chi connectivity index (χ4v) is 0. The second-order valence-corrected chi connectivity index (χ2v) is 0.998. The Balaban J connectivity index is -0.0000000213. The number of hydrogen-bond acceptors (Lipinski definition) is 6. The number of aliphatic hydroxyl groups excluding tert-OH is 2. The SMILES string of the molecule is CCO.CCO.COO.COO.[Ti]. The van der Waals surface area contributed by atoms with E-state index in [0.717, 1.165) is 0 Å². The van der Waals surface area contributed by atoms with Gasteiger partial charge in [-0.05, 0) is 13.8 Å². The summed E-state index contributed by atoms with van der Waals surface area (Å²) < 4.78 is 0. The minimum absolute atomic E-state index is 0. The molecule has 0 unspecified atom stereocenters. The maximum absolute atomic E-state index is 7.57. The maximum Gasteiger partial charge on any atom is 0.0710 e. The van der Waals surface area contributed by atoms with Crippen LogP contribution >= 0.6 is 0 Å². The first-order chi connectivity index (χ1) is 5.66. The first-order valence-corrected chi connectivity index (χ1v) is 3.23. The van der Waals surface area contributed by atoms with Crippen molar-refractivity contribution in [3.05, 3.63) is 0 Å². The molecule has 0 spiro atoms. The fourth-order valence-electron chi connectivity index (χ4n) is 0. The third kappa shape index (κ3) is 6080. The molecule has 0 aromatic heterocycles. The predicted molar refractivity (Wildman–Crippen MR) is 44.8 cm³/mol. The molecule has 13 heavy (non-hydrogen) atoms. The van der Waals surface area contributed by atoms with Crippen LogP contribution in [0, 0.1) is 0 Å². The van der Waals surface area contributed by atoms with Crippen LogP contribution in [0.25, 0.3) is 0 Å². The van der Waals surface area contributed by atoms with E-state index in [0.29, 0.717) is 0 Å². The number of hydrogen-bond donors (Lipinski definition) is 4. The molecular weight excluding hydrogens is 216 g/mol. The minimum Gasteiger partial charge on any atom is -0.397 e. The summed E-state index contributed by atoms with van der Waals surface area (Å²) in [6, 6.07) is 0. The van der Waals surface area contributed by atoms with Gasteiger partial charge in [0.2, 0.25) is 0 Å². The average Bonchev–Trinajstić information content (AvgIpc) is 1.92. The van der Waals surface area contributed by atoms with Crippen molar-refractivity contribution < 1.29 is 52.2 Å². The second-order valence-electron chi connectivity index (χ2n) is 0.998. The summed E-state index contributed by atoms with van der Waals surface area (Å²) in [7, 11) is 2.36. The van der Waals surface area contributed by atoms with Gasteiger partial charge in [0.25, 0.3) is 0 Å². The zero-order chi connectivity index (χ0) is 10.8. The topological polar surface area (TPSA) is 99.4 Å². The normalized spacial score (nSPS) is 5.54. The summed E-state index contributed by atoms with van der Waals surface area (Å²) in [6.45, 7) is 3.86. The third-order valence-electron chi connectivity index (χ3n) is 0. The molecule has 0 amide bonds. The van der Waals surface area contributed by atoms with Gasteiger partial charge in [0.05, 0.1) is 14.2 Å². The van der Waals surface area contributed by atoms with E-state index >= 15 is 0 Å². The molecule has 0 aliphatic heterocycles. The van der Waals surface area contributed by atoms with Gasteiger partial charge < -0.3 is 10.2 Å². The molecule has 0 fully saturated rings. The van der Waals surface area contributed by atoms with E-state index in [1.165, 1.54) is 14.2 Å². The summed E-state index contributed by atoms with van der Waals surface area (Å²) in [4.78, 5) is 6.50. The van der Waals surface area contributed by atoms with Crippen LogP contribution < -0.4 is 0 Å². The molecule has 4 N–H and O–H groups in total. The zero-order valence-electron chi connectivity index (χ0n) is 8.52. The first kappa shape index (κ1) is 29.2. The summed E-state index contributed by atoms with van der Waals surface area (Å²) >= 11 is 0. The predicted octanol–water partition coefficient (Wildman–Crippen LogP) is 0.206.